The van der Waals surface area contributed by atoms with Gasteiger partial charge in [0.25, 0.3) is 5.91 Å². The third-order valence-corrected chi connectivity index (χ3v) is 4.29. The minimum Gasteiger partial charge on any atom is -0.459 e. The summed E-state index contributed by atoms with van der Waals surface area (Å²) in [6.45, 7) is 2.08. The third kappa shape index (κ3) is 4.87. The maximum Gasteiger partial charge on any atom is 0.289 e. The van der Waals surface area contributed by atoms with Crippen molar-refractivity contribution in [1.29, 1.82) is 0 Å². The Bertz CT molecular complexity index is 802. The number of benzene rings is 1. The average molecular weight is 370 g/mol. The van der Waals surface area contributed by atoms with Gasteiger partial charge in [-0.05, 0) is 29.8 Å². The molecule has 2 aromatic rings. The Morgan fingerprint density at radius 1 is 1.26 bits per heavy atom. The largest absolute Gasteiger partial charge is 0.459 e. The average Bonchev–Trinajstić information content (AvgIpc) is 3.21. The number of likely N-dealkylation sites (N-methyl/N-ethyl adjacent to an activating group) is 1. The van der Waals surface area contributed by atoms with Gasteiger partial charge in [0.15, 0.2) is 5.76 Å². The molecule has 0 saturated carbocycles. The molecule has 0 bridgehead atoms. The number of nitrogens with one attached hydrogen (secondary N) is 2. The predicted octanol–water partition coefficient (Wildman–Crippen LogP) is 0.604. The number of piperazine rings is 1. The second-order valence-electron chi connectivity index (χ2n) is 6.35. The van der Waals surface area contributed by atoms with Gasteiger partial charge in [-0.3, -0.25) is 14.4 Å². The number of carbonyl (C=O) groups excluding carboxylic acids is 3. The van der Waals surface area contributed by atoms with Gasteiger partial charge in [0, 0.05) is 32.4 Å². The molecule has 0 aliphatic carbocycles. The van der Waals surface area contributed by atoms with Gasteiger partial charge in [0.05, 0.1) is 19.4 Å². The Labute approximate surface area is 157 Å². The molecule has 1 aliphatic rings. The molecule has 3 amide bonds. The van der Waals surface area contributed by atoms with Crippen molar-refractivity contribution in [2.45, 2.75) is 6.54 Å². The molecule has 8 nitrogen and oxygen atoms in total. The van der Waals surface area contributed by atoms with E-state index in [0.29, 0.717) is 19.6 Å². The normalized spacial score (nSPS) is 13.8. The van der Waals surface area contributed by atoms with E-state index in [1.807, 2.05) is 29.2 Å². The van der Waals surface area contributed by atoms with E-state index >= 15 is 0 Å². The fourth-order valence-corrected chi connectivity index (χ4v) is 2.82. The van der Waals surface area contributed by atoms with Crippen LogP contribution in [-0.4, -0.2) is 55.8 Å². The van der Waals surface area contributed by atoms with Gasteiger partial charge in [0.1, 0.15) is 0 Å². The highest BCUT2D eigenvalue weighted by atomic mass is 16.3. The molecule has 1 fully saturated rings. The second kappa shape index (κ2) is 8.39. The number of rotatable bonds is 6. The Hall–Kier alpha value is -3.29. The Kier molecular flexibility index (Phi) is 5.75. The Morgan fingerprint density at radius 2 is 2.04 bits per heavy atom. The van der Waals surface area contributed by atoms with Crippen molar-refractivity contribution in [3.05, 3.63) is 54.0 Å². The molecule has 8 heteroatoms. The predicted molar refractivity (Wildman–Crippen MR) is 99.2 cm³/mol. The molecule has 1 aromatic heterocycles. The molecule has 1 aromatic carbocycles. The van der Waals surface area contributed by atoms with E-state index < -0.39 is 0 Å². The summed E-state index contributed by atoms with van der Waals surface area (Å²) >= 11 is 0. The lowest BCUT2D eigenvalue weighted by Gasteiger charge is -2.28. The van der Waals surface area contributed by atoms with Gasteiger partial charge in [-0.2, -0.15) is 0 Å². The minimum atomic E-state index is -0.343. The smallest absolute Gasteiger partial charge is 0.289 e. The van der Waals surface area contributed by atoms with Crippen LogP contribution >= 0.6 is 0 Å². The first-order chi connectivity index (χ1) is 13.0. The van der Waals surface area contributed by atoms with E-state index in [1.165, 1.54) is 11.2 Å². The molecule has 2 N–H and O–H groups in total. The summed E-state index contributed by atoms with van der Waals surface area (Å²) in [6.07, 6.45) is 1.42. The highest BCUT2D eigenvalue weighted by Gasteiger charge is 2.18. The van der Waals surface area contributed by atoms with Gasteiger partial charge in [0.2, 0.25) is 11.8 Å². The highest BCUT2D eigenvalue weighted by Crippen LogP contribution is 2.16. The molecule has 2 heterocycles. The third-order valence-electron chi connectivity index (χ3n) is 4.29. The molecule has 1 aliphatic heterocycles. The lowest BCUT2D eigenvalue weighted by molar-refractivity contribution is -0.122. The Morgan fingerprint density at radius 3 is 2.70 bits per heavy atom. The van der Waals surface area contributed by atoms with E-state index in [1.54, 1.807) is 19.2 Å². The monoisotopic (exact) mass is 370 g/mol. The van der Waals surface area contributed by atoms with Gasteiger partial charge in [-0.1, -0.05) is 12.1 Å². The van der Waals surface area contributed by atoms with Crippen LogP contribution in [0.2, 0.25) is 0 Å². The van der Waals surface area contributed by atoms with Crippen LogP contribution < -0.4 is 15.5 Å². The number of amides is 3. The van der Waals surface area contributed by atoms with E-state index in [-0.39, 0.29) is 30.0 Å². The van der Waals surface area contributed by atoms with Crippen LogP contribution in [0.5, 0.6) is 0 Å². The van der Waals surface area contributed by atoms with Crippen molar-refractivity contribution >= 4 is 23.4 Å². The zero-order valence-electron chi connectivity index (χ0n) is 15.1. The zero-order chi connectivity index (χ0) is 19.2. The number of hydrogen-bond acceptors (Lipinski definition) is 5. The van der Waals surface area contributed by atoms with Crippen LogP contribution in [0.25, 0.3) is 0 Å². The molecule has 0 unspecified atom stereocenters. The van der Waals surface area contributed by atoms with E-state index in [9.17, 15) is 14.4 Å². The van der Waals surface area contributed by atoms with E-state index in [2.05, 4.69) is 10.6 Å². The van der Waals surface area contributed by atoms with Crippen LogP contribution in [-0.2, 0) is 16.1 Å². The van der Waals surface area contributed by atoms with Crippen molar-refractivity contribution in [3.8, 4) is 0 Å². The highest BCUT2D eigenvalue weighted by molar-refractivity contribution is 5.94. The second-order valence-corrected chi connectivity index (χ2v) is 6.35. The summed E-state index contributed by atoms with van der Waals surface area (Å²) in [5, 5.41) is 5.59. The molecule has 27 heavy (non-hydrogen) atoms. The fourth-order valence-electron chi connectivity index (χ4n) is 2.82. The van der Waals surface area contributed by atoms with Gasteiger partial charge in [-0.25, -0.2) is 0 Å². The first kappa shape index (κ1) is 18.5. The number of hydrogen-bond donors (Lipinski definition) is 2. The fraction of sp³-hybridized carbons (Fsp3) is 0.316. The van der Waals surface area contributed by atoms with Crippen molar-refractivity contribution in [2.24, 2.45) is 0 Å². The summed E-state index contributed by atoms with van der Waals surface area (Å²) in [5.41, 5.74) is 1.91. The summed E-state index contributed by atoms with van der Waals surface area (Å²) < 4.78 is 5.04. The van der Waals surface area contributed by atoms with Crippen molar-refractivity contribution < 1.29 is 18.8 Å². The summed E-state index contributed by atoms with van der Waals surface area (Å²) in [5.74, 6) is -0.377. The van der Waals surface area contributed by atoms with E-state index in [0.717, 1.165) is 17.8 Å². The number of anilines is 1. The number of carbonyl (C=O) groups is 3. The summed E-state index contributed by atoms with van der Waals surface area (Å²) in [4.78, 5) is 38.9. The van der Waals surface area contributed by atoms with Crippen LogP contribution in [0.4, 0.5) is 5.69 Å². The number of nitrogens with zero attached hydrogens (tertiary/aromatic N) is 2. The van der Waals surface area contributed by atoms with Gasteiger partial charge in [-0.15, -0.1) is 0 Å². The van der Waals surface area contributed by atoms with Crippen molar-refractivity contribution in [1.82, 2.24) is 15.5 Å². The molecule has 0 atom stereocenters. The van der Waals surface area contributed by atoms with Gasteiger partial charge >= 0.3 is 0 Å². The molecule has 1 saturated heterocycles. The standard InChI is InChI=1S/C19H22N4O4/c1-22(19(26)16-3-2-10-27-16)12-17(24)21-11-14-4-6-15(7-5-14)23-9-8-20-18(25)13-23/h2-7,10H,8-9,11-13H2,1H3,(H,20,25)(H,21,24). The minimum absolute atomic E-state index is 0.0193. The quantitative estimate of drug-likeness (QED) is 0.777. The van der Waals surface area contributed by atoms with Crippen LogP contribution in [0.1, 0.15) is 16.1 Å². The first-order valence-corrected chi connectivity index (χ1v) is 8.69. The van der Waals surface area contributed by atoms with Crippen LogP contribution in [0.3, 0.4) is 0 Å². The lowest BCUT2D eigenvalue weighted by Crippen LogP contribution is -2.47. The van der Waals surface area contributed by atoms with E-state index in [4.69, 9.17) is 4.42 Å². The maximum absolute atomic E-state index is 12.1. The summed E-state index contributed by atoms with van der Waals surface area (Å²) in [7, 11) is 1.55. The van der Waals surface area contributed by atoms with Crippen LogP contribution in [0.15, 0.2) is 47.1 Å². The van der Waals surface area contributed by atoms with Gasteiger partial charge < -0.3 is 24.9 Å². The van der Waals surface area contributed by atoms with Crippen molar-refractivity contribution in [2.75, 3.05) is 38.1 Å². The molecule has 142 valence electrons. The molecule has 0 radical (unpaired) electrons. The maximum atomic E-state index is 12.1. The molecule has 0 spiro atoms. The summed E-state index contributed by atoms with van der Waals surface area (Å²) in [6, 6.07) is 10.9. The lowest BCUT2D eigenvalue weighted by atomic mass is 10.2. The number of furan rings is 1. The SMILES string of the molecule is CN(CC(=O)NCc1ccc(N2CCNC(=O)C2)cc1)C(=O)c1ccco1. The zero-order valence-corrected chi connectivity index (χ0v) is 15.1. The molecular formula is C19H22N4O4. The first-order valence-electron chi connectivity index (χ1n) is 8.69. The Balaban J connectivity index is 1.47. The van der Waals surface area contributed by atoms with Crippen molar-refractivity contribution in [3.63, 3.8) is 0 Å². The molecule has 3 rings (SSSR count). The topological polar surface area (TPSA) is 94.9 Å². The molecular weight excluding hydrogens is 348 g/mol. The van der Waals surface area contributed by atoms with Crippen LogP contribution in [0, 0.1) is 0 Å².